The summed E-state index contributed by atoms with van der Waals surface area (Å²) in [6.07, 6.45) is 5.27. The first-order chi connectivity index (χ1) is 6.71. The monoisotopic (exact) mass is 199 g/mol. The predicted molar refractivity (Wildman–Crippen MR) is 60.5 cm³/mol. The minimum atomic E-state index is 0.654. The molecule has 0 spiro atoms. The average molecular weight is 199 g/mol. The lowest BCUT2D eigenvalue weighted by atomic mass is 9.92. The molecule has 0 atom stereocenters. The van der Waals surface area contributed by atoms with Crippen molar-refractivity contribution >= 4 is 0 Å². The molecule has 2 heteroatoms. The van der Waals surface area contributed by atoms with Crippen molar-refractivity contribution in [1.29, 1.82) is 0 Å². The summed E-state index contributed by atoms with van der Waals surface area (Å²) in [5.41, 5.74) is 0.654. The quantitative estimate of drug-likeness (QED) is 0.606. The first kappa shape index (κ1) is 12.0. The first-order valence-electron chi connectivity index (χ1n) is 5.91. The highest BCUT2D eigenvalue weighted by molar-refractivity contribution is 4.96. The Hall–Kier alpha value is -0.0800. The van der Waals surface area contributed by atoms with Gasteiger partial charge in [-0.2, -0.15) is 0 Å². The van der Waals surface area contributed by atoms with E-state index in [0.29, 0.717) is 5.41 Å². The third kappa shape index (κ3) is 3.58. The van der Waals surface area contributed by atoms with E-state index in [-0.39, 0.29) is 0 Å². The Kier molecular flexibility index (Phi) is 4.90. The lowest BCUT2D eigenvalue weighted by Crippen LogP contribution is -2.28. The third-order valence-electron chi connectivity index (χ3n) is 3.55. The fourth-order valence-corrected chi connectivity index (χ4v) is 1.95. The van der Waals surface area contributed by atoms with Gasteiger partial charge in [-0.25, -0.2) is 0 Å². The van der Waals surface area contributed by atoms with E-state index in [4.69, 9.17) is 4.74 Å². The molecule has 1 aliphatic carbocycles. The second-order valence-electron chi connectivity index (χ2n) is 4.89. The molecule has 1 saturated carbocycles. The lowest BCUT2D eigenvalue weighted by molar-refractivity contribution is 0.192. The number of nitrogens with one attached hydrogen (secondary N) is 1. The normalized spacial score (nSPS) is 18.9. The molecule has 2 nitrogen and oxygen atoms in total. The molecule has 14 heavy (non-hydrogen) atoms. The number of hydrogen-bond donors (Lipinski definition) is 1. The van der Waals surface area contributed by atoms with Crippen LogP contribution in [-0.2, 0) is 4.74 Å². The molecule has 0 aromatic heterocycles. The van der Waals surface area contributed by atoms with Crippen LogP contribution in [0.4, 0.5) is 0 Å². The second-order valence-corrected chi connectivity index (χ2v) is 4.89. The van der Waals surface area contributed by atoms with E-state index < -0.39 is 0 Å². The van der Waals surface area contributed by atoms with Gasteiger partial charge in [-0.15, -0.1) is 0 Å². The molecular formula is C12H25NO. The van der Waals surface area contributed by atoms with E-state index in [2.05, 4.69) is 19.2 Å². The van der Waals surface area contributed by atoms with Gasteiger partial charge in [0.05, 0.1) is 0 Å². The molecule has 0 saturated heterocycles. The van der Waals surface area contributed by atoms with Crippen LogP contribution >= 0.6 is 0 Å². The van der Waals surface area contributed by atoms with Gasteiger partial charge in [0.25, 0.3) is 0 Å². The molecule has 0 unspecified atom stereocenters. The van der Waals surface area contributed by atoms with Gasteiger partial charge < -0.3 is 10.1 Å². The summed E-state index contributed by atoms with van der Waals surface area (Å²) >= 11 is 0. The Labute approximate surface area is 88.4 Å². The van der Waals surface area contributed by atoms with E-state index in [0.717, 1.165) is 19.1 Å². The van der Waals surface area contributed by atoms with Crippen LogP contribution in [0.1, 0.15) is 39.5 Å². The summed E-state index contributed by atoms with van der Waals surface area (Å²) in [5.74, 6) is 0.842. The van der Waals surface area contributed by atoms with Crippen molar-refractivity contribution in [1.82, 2.24) is 5.32 Å². The summed E-state index contributed by atoms with van der Waals surface area (Å²) in [6.45, 7) is 7.96. The predicted octanol–water partition coefficient (Wildman–Crippen LogP) is 2.44. The van der Waals surface area contributed by atoms with Crippen molar-refractivity contribution in [2.75, 3.05) is 26.8 Å². The second kappa shape index (κ2) is 5.72. The van der Waals surface area contributed by atoms with Crippen molar-refractivity contribution in [3.05, 3.63) is 0 Å². The van der Waals surface area contributed by atoms with E-state index in [1.165, 1.54) is 32.2 Å². The SMILES string of the molecule is COCCCCNCC1(C(C)C)CC1. The molecular weight excluding hydrogens is 174 g/mol. The molecule has 1 rings (SSSR count). The summed E-state index contributed by atoms with van der Waals surface area (Å²) in [4.78, 5) is 0. The maximum absolute atomic E-state index is 5.01. The smallest absolute Gasteiger partial charge is 0.0462 e. The zero-order valence-electron chi connectivity index (χ0n) is 9.94. The summed E-state index contributed by atoms with van der Waals surface area (Å²) < 4.78 is 5.01. The first-order valence-corrected chi connectivity index (χ1v) is 5.91. The molecule has 84 valence electrons. The van der Waals surface area contributed by atoms with Gasteiger partial charge in [-0.05, 0) is 43.6 Å². The molecule has 0 aromatic rings. The maximum Gasteiger partial charge on any atom is 0.0462 e. The van der Waals surface area contributed by atoms with Crippen molar-refractivity contribution < 1.29 is 4.74 Å². The molecule has 0 heterocycles. The van der Waals surface area contributed by atoms with Crippen LogP contribution in [0.15, 0.2) is 0 Å². The number of unbranched alkanes of at least 4 members (excludes halogenated alkanes) is 1. The molecule has 0 aromatic carbocycles. The summed E-state index contributed by atoms with van der Waals surface area (Å²) in [7, 11) is 1.77. The fourth-order valence-electron chi connectivity index (χ4n) is 1.95. The van der Waals surface area contributed by atoms with Gasteiger partial charge in [-0.3, -0.25) is 0 Å². The van der Waals surface area contributed by atoms with Gasteiger partial charge in [-0.1, -0.05) is 13.8 Å². The van der Waals surface area contributed by atoms with E-state index in [9.17, 15) is 0 Å². The van der Waals surface area contributed by atoms with Gasteiger partial charge in [0.2, 0.25) is 0 Å². The Morgan fingerprint density at radius 2 is 2.00 bits per heavy atom. The van der Waals surface area contributed by atoms with Crippen molar-refractivity contribution in [3.63, 3.8) is 0 Å². The number of rotatable bonds is 8. The highest BCUT2D eigenvalue weighted by atomic mass is 16.5. The molecule has 0 aliphatic heterocycles. The Morgan fingerprint density at radius 3 is 2.50 bits per heavy atom. The zero-order chi connectivity index (χ0) is 10.4. The fraction of sp³-hybridized carbons (Fsp3) is 1.00. The minimum Gasteiger partial charge on any atom is -0.385 e. The van der Waals surface area contributed by atoms with Crippen LogP contribution in [0, 0.1) is 11.3 Å². The maximum atomic E-state index is 5.01. The number of ether oxygens (including phenoxy) is 1. The number of hydrogen-bond acceptors (Lipinski definition) is 2. The van der Waals surface area contributed by atoms with Crippen LogP contribution in [0.25, 0.3) is 0 Å². The van der Waals surface area contributed by atoms with Gasteiger partial charge in [0, 0.05) is 20.3 Å². The Morgan fingerprint density at radius 1 is 1.29 bits per heavy atom. The molecule has 0 bridgehead atoms. The standard InChI is InChI=1S/C12H25NO/c1-11(2)12(6-7-12)10-13-8-4-5-9-14-3/h11,13H,4-10H2,1-3H3. The number of methoxy groups -OCH3 is 1. The van der Waals surface area contributed by atoms with Crippen molar-refractivity contribution in [2.45, 2.75) is 39.5 Å². The van der Waals surface area contributed by atoms with Crippen LogP contribution in [0.5, 0.6) is 0 Å². The highest BCUT2D eigenvalue weighted by Crippen LogP contribution is 2.51. The lowest BCUT2D eigenvalue weighted by Gasteiger charge is -2.19. The van der Waals surface area contributed by atoms with Crippen LogP contribution < -0.4 is 5.32 Å². The largest absolute Gasteiger partial charge is 0.385 e. The molecule has 1 N–H and O–H groups in total. The zero-order valence-corrected chi connectivity index (χ0v) is 9.94. The molecule has 1 aliphatic rings. The molecule has 1 fully saturated rings. The van der Waals surface area contributed by atoms with Crippen molar-refractivity contribution in [2.24, 2.45) is 11.3 Å². The van der Waals surface area contributed by atoms with E-state index in [1.807, 2.05) is 0 Å². The Balaban J connectivity index is 1.94. The topological polar surface area (TPSA) is 21.3 Å². The third-order valence-corrected chi connectivity index (χ3v) is 3.55. The minimum absolute atomic E-state index is 0.654. The van der Waals surface area contributed by atoms with Gasteiger partial charge in [0.1, 0.15) is 0 Å². The van der Waals surface area contributed by atoms with Crippen LogP contribution in [0.3, 0.4) is 0 Å². The summed E-state index contributed by atoms with van der Waals surface area (Å²) in [6, 6.07) is 0. The molecule has 0 radical (unpaired) electrons. The van der Waals surface area contributed by atoms with Gasteiger partial charge >= 0.3 is 0 Å². The Bertz CT molecular complexity index is 152. The highest BCUT2D eigenvalue weighted by Gasteiger charge is 2.44. The van der Waals surface area contributed by atoms with Gasteiger partial charge in [0.15, 0.2) is 0 Å². The molecule has 0 amide bonds. The summed E-state index contributed by atoms with van der Waals surface area (Å²) in [5, 5.41) is 3.57. The average Bonchev–Trinajstić information content (AvgIpc) is 2.92. The van der Waals surface area contributed by atoms with Crippen molar-refractivity contribution in [3.8, 4) is 0 Å². The van der Waals surface area contributed by atoms with Crippen LogP contribution in [-0.4, -0.2) is 26.8 Å². The van der Waals surface area contributed by atoms with E-state index in [1.54, 1.807) is 7.11 Å². The van der Waals surface area contributed by atoms with E-state index >= 15 is 0 Å². The van der Waals surface area contributed by atoms with Crippen LogP contribution in [0.2, 0.25) is 0 Å².